The molecule has 3 saturated carbocycles. The Morgan fingerprint density at radius 1 is 0.558 bits per heavy atom. The van der Waals surface area contributed by atoms with Crippen LogP contribution in [0.25, 0.3) is 0 Å². The zero-order valence-electron chi connectivity index (χ0n) is 49.9. The van der Waals surface area contributed by atoms with Crippen molar-refractivity contribution in [3.63, 3.8) is 0 Å². The van der Waals surface area contributed by atoms with E-state index in [-0.39, 0.29) is 72.8 Å². The number of phenols is 3. The second kappa shape index (κ2) is 22.6. The first-order chi connectivity index (χ1) is 41.8. The van der Waals surface area contributed by atoms with Gasteiger partial charge in [0.05, 0.1) is 111 Å². The first-order valence-corrected chi connectivity index (χ1v) is 32.1. The molecule has 5 fully saturated rings. The Hall–Kier alpha value is -4.80. The zero-order chi connectivity index (χ0) is 59.4. The topological polar surface area (TPSA) is 223 Å². The number of hydrogen-bond donors (Lipinski definition) is 7. The van der Waals surface area contributed by atoms with Gasteiger partial charge in [0, 0.05) is 60.4 Å². The Balaban J connectivity index is 0.626. The van der Waals surface area contributed by atoms with Crippen molar-refractivity contribution < 1.29 is 73.3 Å². The number of aliphatic hydroxyl groups is 3. The lowest BCUT2D eigenvalue weighted by atomic mass is 9.48. The molecule has 0 radical (unpaired) electrons. The van der Waals surface area contributed by atoms with Gasteiger partial charge in [0.25, 0.3) is 0 Å². The van der Waals surface area contributed by atoms with Crippen LogP contribution in [-0.2, 0) is 63.9 Å². The van der Waals surface area contributed by atoms with Gasteiger partial charge in [0.15, 0.2) is 34.5 Å². The van der Waals surface area contributed by atoms with Crippen molar-refractivity contribution in [3.8, 4) is 34.5 Å². The molecule has 15 atom stereocenters. The lowest BCUT2D eigenvalue weighted by Gasteiger charge is -2.64. The summed E-state index contributed by atoms with van der Waals surface area (Å²) in [4.78, 5) is 4.69. The number of nitrogens with one attached hydrogen (secondary N) is 1. The van der Waals surface area contributed by atoms with Crippen molar-refractivity contribution in [1.82, 2.24) is 15.1 Å². The maximum atomic E-state index is 12.9. The molecule has 9 unspecified atom stereocenters. The number of hydrogen-bond acceptors (Lipinski definition) is 18. The summed E-state index contributed by atoms with van der Waals surface area (Å²) >= 11 is 0. The highest BCUT2D eigenvalue weighted by Gasteiger charge is 2.75. The van der Waals surface area contributed by atoms with Crippen LogP contribution in [0, 0.1) is 5.92 Å². The summed E-state index contributed by atoms with van der Waals surface area (Å²) in [5, 5.41) is 75.7. The standard InChI is InChI=1S/C68H89N3O15/c1-5-18-63-54-42-9-12-45(72)57(54)84-60(63)48(15-19-66(63,75)51(35-42)69-24-6-2)81-32-29-78-38-41(39-79-30-33-82-49-16-20-67(76)52-36-43-10-13-46(73)58-55(43)64(67,61(49)85-58)22-27-70(52)25-7-3)40-80-31-34-83-50-17-21-68(77)53-37-44-11-14-47(74)59-56(44)65(68,62(50)86-59)23-28-71(53)26-8-4/h6-14,41,48-53,60-62,69,72-77H,2-5,15-40H2,1H3/t41?,48?,49?,50?,51?,52?,53?,60-,61-,62-,63?,64?,65?,66+,67+,68+/m0/s1. The van der Waals surface area contributed by atoms with Crippen LogP contribution in [0.4, 0.5) is 0 Å². The van der Waals surface area contributed by atoms with Crippen molar-refractivity contribution in [2.75, 3.05) is 92.2 Å². The molecule has 2 saturated heterocycles. The van der Waals surface area contributed by atoms with Gasteiger partial charge in [-0.3, -0.25) is 9.80 Å². The van der Waals surface area contributed by atoms with Gasteiger partial charge in [0.2, 0.25) is 0 Å². The first-order valence-electron chi connectivity index (χ1n) is 32.1. The monoisotopic (exact) mass is 1190 g/mol. The number of likely N-dealkylation sites (tertiary alicyclic amines) is 2. The Bertz CT molecular complexity index is 2960. The molecule has 6 aliphatic carbocycles. The van der Waals surface area contributed by atoms with E-state index in [2.05, 4.69) is 41.8 Å². The van der Waals surface area contributed by atoms with E-state index in [1.807, 2.05) is 36.4 Å². The maximum Gasteiger partial charge on any atom is 0.165 e. The third-order valence-electron chi connectivity index (χ3n) is 23.0. The van der Waals surface area contributed by atoms with Crippen LogP contribution >= 0.6 is 0 Å². The molecular formula is C68H89N3O15. The van der Waals surface area contributed by atoms with Crippen LogP contribution in [0.2, 0.25) is 0 Å². The maximum absolute atomic E-state index is 12.9. The van der Waals surface area contributed by atoms with Crippen LogP contribution in [0.3, 0.4) is 0 Å². The molecule has 11 aliphatic rings. The molecule has 466 valence electrons. The molecule has 5 heterocycles. The molecule has 3 aromatic rings. The average molecular weight is 1190 g/mol. The van der Waals surface area contributed by atoms with Gasteiger partial charge in [-0.25, -0.2) is 0 Å². The molecule has 0 amide bonds. The van der Waals surface area contributed by atoms with Crippen LogP contribution in [0.15, 0.2) is 74.4 Å². The van der Waals surface area contributed by atoms with E-state index >= 15 is 0 Å². The Labute approximate surface area is 505 Å². The fourth-order valence-electron chi connectivity index (χ4n) is 19.7. The number of aromatic hydroxyl groups is 3. The SMILES string of the molecule is C=CCNC1Cc2ccc(O)c3c2C2(CCC)[C@@H](O3)C(OCCOCC(COCCOC3CC[C@@]4(O)C5Cc6ccc(O)c7c6C4(CCN5CC=C)[C@H]3O7)COCCOC3CC[C@@]4(O)C5Cc6ccc(O)c7c6C4(CCN5CC=C)[C@H]3O7)CC[C@@]12O. The number of benzene rings is 3. The van der Waals surface area contributed by atoms with E-state index in [0.29, 0.717) is 160 Å². The van der Waals surface area contributed by atoms with Crippen LogP contribution in [0.1, 0.15) is 105 Å². The minimum atomic E-state index is -1.13. The molecule has 86 heavy (non-hydrogen) atoms. The smallest absolute Gasteiger partial charge is 0.165 e. The van der Waals surface area contributed by atoms with E-state index in [1.54, 1.807) is 18.2 Å². The zero-order valence-corrected chi connectivity index (χ0v) is 49.9. The highest BCUT2D eigenvalue weighted by molar-refractivity contribution is 5.65. The highest BCUT2D eigenvalue weighted by Crippen LogP contribution is 2.68. The summed E-state index contributed by atoms with van der Waals surface area (Å²) in [5.74, 6) is 1.50. The number of rotatable bonds is 27. The van der Waals surface area contributed by atoms with Crippen LogP contribution < -0.4 is 19.5 Å². The lowest BCUT2D eigenvalue weighted by Crippen LogP contribution is -2.77. The third-order valence-corrected chi connectivity index (χ3v) is 23.0. The van der Waals surface area contributed by atoms with Crippen molar-refractivity contribution in [3.05, 3.63) is 108 Å². The van der Waals surface area contributed by atoms with Gasteiger partial charge in [-0.2, -0.15) is 0 Å². The number of nitrogens with zero attached hydrogens (tertiary/aromatic N) is 2. The molecule has 18 heteroatoms. The van der Waals surface area contributed by atoms with E-state index in [0.717, 1.165) is 52.9 Å². The van der Waals surface area contributed by atoms with Gasteiger partial charge < -0.3 is 78.6 Å². The normalized spacial score (nSPS) is 37.3. The second-order valence-electron chi connectivity index (χ2n) is 26.8. The van der Waals surface area contributed by atoms with Crippen LogP contribution in [0.5, 0.6) is 34.5 Å². The molecule has 2 spiro atoms. The summed E-state index contributed by atoms with van der Waals surface area (Å²) in [5.41, 5.74) is 0.664. The summed E-state index contributed by atoms with van der Waals surface area (Å²) in [6.45, 7) is 20.3. The summed E-state index contributed by atoms with van der Waals surface area (Å²) in [6, 6.07) is 10.6. The molecule has 14 rings (SSSR count). The van der Waals surface area contributed by atoms with Crippen molar-refractivity contribution in [2.24, 2.45) is 5.92 Å². The predicted octanol–water partition coefficient (Wildman–Crippen LogP) is 5.73. The van der Waals surface area contributed by atoms with E-state index in [9.17, 15) is 30.6 Å². The largest absolute Gasteiger partial charge is 0.504 e. The van der Waals surface area contributed by atoms with Gasteiger partial charge >= 0.3 is 0 Å². The molecule has 0 aromatic heterocycles. The summed E-state index contributed by atoms with van der Waals surface area (Å²) in [6.07, 6.45) is 11.3. The minimum Gasteiger partial charge on any atom is -0.504 e. The van der Waals surface area contributed by atoms with Gasteiger partial charge in [-0.15, -0.1) is 19.7 Å². The molecule has 7 N–H and O–H groups in total. The Kier molecular flexibility index (Phi) is 15.5. The predicted molar refractivity (Wildman–Crippen MR) is 319 cm³/mol. The summed E-state index contributed by atoms with van der Waals surface area (Å²) < 4.78 is 59.5. The van der Waals surface area contributed by atoms with Gasteiger partial charge in [-0.1, -0.05) is 49.8 Å². The Morgan fingerprint density at radius 3 is 1.44 bits per heavy atom. The molecule has 4 bridgehead atoms. The van der Waals surface area contributed by atoms with Crippen molar-refractivity contribution in [2.45, 2.75) is 178 Å². The van der Waals surface area contributed by atoms with E-state index < -0.39 is 51.4 Å². The molecular weight excluding hydrogens is 1100 g/mol. The number of piperidine rings is 2. The average Bonchev–Trinajstić information content (AvgIpc) is 1.41. The van der Waals surface area contributed by atoms with E-state index in [4.69, 9.17) is 42.6 Å². The fourth-order valence-corrected chi connectivity index (χ4v) is 19.7. The van der Waals surface area contributed by atoms with Crippen molar-refractivity contribution >= 4 is 0 Å². The quantitative estimate of drug-likeness (QED) is 0.0358. The van der Waals surface area contributed by atoms with Crippen molar-refractivity contribution in [1.29, 1.82) is 0 Å². The Morgan fingerprint density at radius 2 is 0.988 bits per heavy atom. The lowest BCUT2D eigenvalue weighted by molar-refractivity contribution is -0.215. The number of ether oxygens (including phenoxy) is 9. The molecule has 5 aliphatic heterocycles. The number of phenolic OH excluding ortho intramolecular Hbond substituents is 3. The second-order valence-corrected chi connectivity index (χ2v) is 26.8. The van der Waals surface area contributed by atoms with Gasteiger partial charge in [0.1, 0.15) is 18.3 Å². The van der Waals surface area contributed by atoms with E-state index in [1.165, 1.54) is 0 Å². The fraction of sp³-hybridized carbons (Fsp3) is 0.647. The first kappa shape index (κ1) is 58.9. The van der Waals surface area contributed by atoms with Crippen LogP contribution in [-0.4, -0.2) is 204 Å². The molecule has 18 nitrogen and oxygen atoms in total. The highest BCUT2D eigenvalue weighted by atomic mass is 16.6. The molecule has 3 aromatic carbocycles. The van der Waals surface area contributed by atoms with Gasteiger partial charge in [-0.05, 0) is 125 Å². The third kappa shape index (κ3) is 8.46. The minimum absolute atomic E-state index is 0.0778. The summed E-state index contributed by atoms with van der Waals surface area (Å²) in [7, 11) is 0.